The normalized spacial score (nSPS) is 13.8. The third-order valence-electron chi connectivity index (χ3n) is 18.0. The van der Waals surface area contributed by atoms with Crippen LogP contribution >= 0.6 is 22.7 Å². The van der Waals surface area contributed by atoms with Crippen LogP contribution in [0.15, 0.2) is 279 Å². The standard InChI is InChI=1S/C78H52N4S2/c1-77(2)65-22-10-13-25-71(65)82(72-45-38-54(46-68(72)77)51-30-34-53(35-31-51)76-80-70-24-12-15-27-74(70)84-76)58-42-44-62-61-43-41-57(47-66(61)78(67(62)48-58)63-20-8-6-18-59(63)60-19-7-9-21-64(60)78)81(55-16-4-3-5-17-55)56-39-36-50(37-40-56)49-28-32-52(33-29-49)75-79-69-23-11-14-26-73(69)83-75/h3-48H,1-2H3. The Morgan fingerprint density at radius 3 is 1.38 bits per heavy atom. The number of benzene rings is 12. The van der Waals surface area contributed by atoms with E-state index in [2.05, 4.69) is 303 Å². The van der Waals surface area contributed by atoms with E-state index in [4.69, 9.17) is 9.97 Å². The molecule has 1 spiro atoms. The Kier molecular flexibility index (Phi) is 10.9. The molecule has 2 aromatic heterocycles. The number of hydrogen-bond acceptors (Lipinski definition) is 6. The van der Waals surface area contributed by atoms with Crippen LogP contribution in [0.4, 0.5) is 34.1 Å². The van der Waals surface area contributed by atoms with Crippen molar-refractivity contribution in [2.24, 2.45) is 0 Å². The van der Waals surface area contributed by atoms with Gasteiger partial charge in [0, 0.05) is 39.3 Å². The summed E-state index contributed by atoms with van der Waals surface area (Å²) in [7, 11) is 0. The van der Waals surface area contributed by atoms with Gasteiger partial charge in [-0.3, -0.25) is 0 Å². The molecular weight excluding hydrogens is 1060 g/mol. The number of nitrogens with zero attached hydrogens (tertiary/aromatic N) is 4. The van der Waals surface area contributed by atoms with Gasteiger partial charge in [0.05, 0.1) is 37.2 Å². The molecule has 17 rings (SSSR count). The van der Waals surface area contributed by atoms with Gasteiger partial charge in [0.15, 0.2) is 0 Å². The molecule has 3 heterocycles. The molecule has 4 nitrogen and oxygen atoms in total. The van der Waals surface area contributed by atoms with Crippen LogP contribution in [0, 0.1) is 0 Å². The lowest BCUT2D eigenvalue weighted by Gasteiger charge is -2.42. The smallest absolute Gasteiger partial charge is 0.124 e. The van der Waals surface area contributed by atoms with Gasteiger partial charge >= 0.3 is 0 Å². The maximum Gasteiger partial charge on any atom is 0.124 e. The SMILES string of the molecule is CC1(C)c2ccccc2N(c2ccc3c(c2)C2(c4ccccc4-c4ccccc42)c2cc(N(c4ccccc4)c4ccc(-c5ccc(-c6nc7ccccc7s6)cc5)cc4)ccc2-3)c2ccc(-c3ccc(-c4nc5ccccc5s4)cc3)cc21. The van der Waals surface area contributed by atoms with Crippen molar-refractivity contribution in [2.75, 3.05) is 9.80 Å². The van der Waals surface area contributed by atoms with Crippen molar-refractivity contribution < 1.29 is 0 Å². The van der Waals surface area contributed by atoms with Crippen LogP contribution in [-0.2, 0) is 10.8 Å². The minimum atomic E-state index is -0.605. The topological polar surface area (TPSA) is 32.3 Å². The van der Waals surface area contributed by atoms with E-state index < -0.39 is 5.41 Å². The highest BCUT2D eigenvalue weighted by molar-refractivity contribution is 7.22. The Hall–Kier alpha value is -9.98. The predicted molar refractivity (Wildman–Crippen MR) is 352 cm³/mol. The van der Waals surface area contributed by atoms with Gasteiger partial charge in [0.2, 0.25) is 0 Å². The Morgan fingerprint density at radius 2 is 0.762 bits per heavy atom. The van der Waals surface area contributed by atoms with Crippen LogP contribution in [-0.4, -0.2) is 9.97 Å². The van der Waals surface area contributed by atoms with Crippen LogP contribution < -0.4 is 9.80 Å². The summed E-state index contributed by atoms with van der Waals surface area (Å²) in [6.45, 7) is 4.77. The summed E-state index contributed by atoms with van der Waals surface area (Å²) >= 11 is 3.48. The fourth-order valence-corrected chi connectivity index (χ4v) is 15.9. The minimum Gasteiger partial charge on any atom is -0.310 e. The van der Waals surface area contributed by atoms with Crippen LogP contribution in [0.1, 0.15) is 47.2 Å². The molecule has 14 aromatic rings. The monoisotopic (exact) mass is 1110 g/mol. The first-order valence-corrected chi connectivity index (χ1v) is 30.4. The zero-order valence-electron chi connectivity index (χ0n) is 46.2. The molecular formula is C78H52N4S2. The Labute approximate surface area is 496 Å². The fourth-order valence-electron chi connectivity index (χ4n) is 14.0. The summed E-state index contributed by atoms with van der Waals surface area (Å²) in [4.78, 5) is 14.8. The summed E-state index contributed by atoms with van der Waals surface area (Å²) in [6, 6.07) is 103. The van der Waals surface area contributed by atoms with Gasteiger partial charge in [-0.1, -0.05) is 202 Å². The molecule has 0 amide bonds. The first-order chi connectivity index (χ1) is 41.4. The van der Waals surface area contributed by atoms with Gasteiger partial charge < -0.3 is 9.80 Å². The van der Waals surface area contributed by atoms with Crippen molar-refractivity contribution in [1.29, 1.82) is 0 Å². The molecule has 0 atom stereocenters. The first kappa shape index (κ1) is 48.7. The van der Waals surface area contributed by atoms with E-state index in [-0.39, 0.29) is 5.41 Å². The minimum absolute atomic E-state index is 0.276. The van der Waals surface area contributed by atoms with E-state index in [1.807, 2.05) is 0 Å². The van der Waals surface area contributed by atoms with Crippen LogP contribution in [0.3, 0.4) is 0 Å². The molecule has 1 aliphatic heterocycles. The number of aromatic nitrogens is 2. The Balaban J connectivity index is 0.782. The number of para-hydroxylation sites is 4. The number of fused-ring (bicyclic) bond motifs is 14. The molecule has 396 valence electrons. The summed E-state index contributed by atoms with van der Waals surface area (Å²) in [5.41, 5.74) is 27.9. The second-order valence-electron chi connectivity index (χ2n) is 22.9. The highest BCUT2D eigenvalue weighted by atomic mass is 32.1. The third kappa shape index (κ3) is 7.37. The number of thiazole rings is 2. The quantitative estimate of drug-likeness (QED) is 0.152. The fraction of sp³-hybridized carbons (Fsp3) is 0.0513. The zero-order valence-corrected chi connectivity index (χ0v) is 47.8. The first-order valence-electron chi connectivity index (χ1n) is 28.8. The molecule has 0 unspecified atom stereocenters. The largest absolute Gasteiger partial charge is 0.310 e. The molecule has 2 aliphatic carbocycles. The molecule has 84 heavy (non-hydrogen) atoms. The van der Waals surface area contributed by atoms with Gasteiger partial charge in [-0.05, 0) is 169 Å². The Morgan fingerprint density at radius 1 is 0.321 bits per heavy atom. The van der Waals surface area contributed by atoms with Crippen LogP contribution in [0.5, 0.6) is 0 Å². The van der Waals surface area contributed by atoms with Crippen molar-refractivity contribution in [3.63, 3.8) is 0 Å². The lowest BCUT2D eigenvalue weighted by molar-refractivity contribution is 0.632. The number of rotatable bonds is 8. The molecule has 0 saturated carbocycles. The van der Waals surface area contributed by atoms with E-state index in [1.54, 1.807) is 22.7 Å². The third-order valence-corrected chi connectivity index (χ3v) is 20.1. The molecule has 0 fully saturated rings. The van der Waals surface area contributed by atoms with Crippen molar-refractivity contribution in [1.82, 2.24) is 9.97 Å². The molecule has 6 heteroatoms. The van der Waals surface area contributed by atoms with Gasteiger partial charge in [-0.25, -0.2) is 9.97 Å². The van der Waals surface area contributed by atoms with Crippen molar-refractivity contribution in [2.45, 2.75) is 24.7 Å². The van der Waals surface area contributed by atoms with Gasteiger partial charge in [-0.15, -0.1) is 22.7 Å². The Bertz CT molecular complexity index is 4830. The molecule has 3 aliphatic rings. The van der Waals surface area contributed by atoms with Gasteiger partial charge in [-0.2, -0.15) is 0 Å². The second kappa shape index (κ2) is 18.8. The lowest BCUT2D eigenvalue weighted by atomic mass is 9.70. The van der Waals surface area contributed by atoms with E-state index >= 15 is 0 Å². The average Bonchev–Trinajstić information content (AvgIpc) is 1.69. The van der Waals surface area contributed by atoms with Crippen molar-refractivity contribution in [3.8, 4) is 65.6 Å². The molecule has 0 bridgehead atoms. The van der Waals surface area contributed by atoms with Crippen LogP contribution in [0.2, 0.25) is 0 Å². The maximum atomic E-state index is 4.97. The average molecular weight is 1110 g/mol. The highest BCUT2D eigenvalue weighted by Crippen LogP contribution is 2.65. The van der Waals surface area contributed by atoms with Gasteiger partial charge in [0.1, 0.15) is 10.0 Å². The summed E-state index contributed by atoms with van der Waals surface area (Å²) in [5, 5.41) is 2.08. The molecule has 0 N–H and O–H groups in total. The maximum absolute atomic E-state index is 4.97. The highest BCUT2D eigenvalue weighted by Gasteiger charge is 2.52. The predicted octanol–water partition coefficient (Wildman–Crippen LogP) is 21.5. The summed E-state index contributed by atoms with van der Waals surface area (Å²) in [5.74, 6) is 0. The van der Waals surface area contributed by atoms with E-state index in [0.29, 0.717) is 0 Å². The number of anilines is 6. The number of hydrogen-bond donors (Lipinski definition) is 0. The lowest BCUT2D eigenvalue weighted by Crippen LogP contribution is -2.31. The zero-order chi connectivity index (χ0) is 55.7. The van der Waals surface area contributed by atoms with E-state index in [1.165, 1.54) is 93.1 Å². The summed E-state index contributed by atoms with van der Waals surface area (Å²) in [6.07, 6.45) is 0. The molecule has 0 saturated heterocycles. The van der Waals surface area contributed by atoms with E-state index in [9.17, 15) is 0 Å². The van der Waals surface area contributed by atoms with Gasteiger partial charge in [0.25, 0.3) is 0 Å². The molecule has 12 aromatic carbocycles. The second-order valence-corrected chi connectivity index (χ2v) is 24.9. The van der Waals surface area contributed by atoms with E-state index in [0.717, 1.165) is 60.5 Å². The summed E-state index contributed by atoms with van der Waals surface area (Å²) < 4.78 is 2.41. The van der Waals surface area contributed by atoms with Crippen LogP contribution in [0.25, 0.3) is 86.1 Å². The van der Waals surface area contributed by atoms with Crippen molar-refractivity contribution >= 4 is 77.2 Å². The molecule has 0 radical (unpaired) electrons. The van der Waals surface area contributed by atoms with Crippen molar-refractivity contribution in [3.05, 3.63) is 312 Å².